The Hall–Kier alpha value is -1.10. The summed E-state index contributed by atoms with van der Waals surface area (Å²) in [7, 11) is 0. The van der Waals surface area contributed by atoms with Crippen LogP contribution >= 0.6 is 34.5 Å². The fourth-order valence-corrected chi connectivity index (χ4v) is 2.93. The molecule has 0 aliphatic carbocycles. The van der Waals surface area contributed by atoms with Crippen molar-refractivity contribution in [2.24, 2.45) is 0 Å². The van der Waals surface area contributed by atoms with Gasteiger partial charge in [0.15, 0.2) is 0 Å². The minimum atomic E-state index is -0.192. The fourth-order valence-electron chi connectivity index (χ4n) is 1.85. The molecule has 1 unspecified atom stereocenters. The summed E-state index contributed by atoms with van der Waals surface area (Å²) in [4.78, 5) is 17.3. The van der Waals surface area contributed by atoms with Gasteiger partial charge in [-0.25, -0.2) is 4.98 Å². The number of hydrogen-bond donors (Lipinski definition) is 1. The van der Waals surface area contributed by atoms with Crippen molar-refractivity contribution in [3.8, 4) is 0 Å². The fraction of sp³-hybridized carbons (Fsp3) is 0.286. The van der Waals surface area contributed by atoms with Gasteiger partial charge in [-0.15, -0.1) is 11.3 Å². The van der Waals surface area contributed by atoms with E-state index >= 15 is 0 Å². The third kappa shape index (κ3) is 3.72. The second-order valence-corrected chi connectivity index (χ2v) is 6.07. The number of amides is 1. The first-order valence-electron chi connectivity index (χ1n) is 6.27. The largest absolute Gasteiger partial charge is 0.344 e. The lowest BCUT2D eigenvalue weighted by Gasteiger charge is -2.16. The van der Waals surface area contributed by atoms with E-state index < -0.39 is 0 Å². The third-order valence-corrected chi connectivity index (χ3v) is 4.50. The number of hydrogen-bond acceptors (Lipinski definition) is 3. The molecule has 2 aromatic heterocycles. The van der Waals surface area contributed by atoms with Crippen molar-refractivity contribution in [1.29, 1.82) is 0 Å². The molecule has 0 aliphatic rings. The number of carbonyl (C=O) groups excluding carboxylic acids is 1. The smallest absolute Gasteiger partial charge is 0.253 e. The average molecular weight is 329 g/mol. The Morgan fingerprint density at radius 2 is 2.30 bits per heavy atom. The molecule has 106 valence electrons. The summed E-state index contributed by atoms with van der Waals surface area (Å²) in [6, 6.07) is 5.55. The van der Waals surface area contributed by atoms with Gasteiger partial charge in [-0.05, 0) is 23.9 Å². The summed E-state index contributed by atoms with van der Waals surface area (Å²) >= 11 is 13.3. The summed E-state index contributed by atoms with van der Waals surface area (Å²) in [6.07, 6.45) is 3.31. The van der Waals surface area contributed by atoms with Crippen molar-refractivity contribution in [3.63, 3.8) is 0 Å². The maximum atomic E-state index is 12.2. The SMILES string of the molecule is CCCC(NC(=O)c1cnc(Cl)c(Cl)c1)c1cccs1. The Morgan fingerprint density at radius 1 is 1.50 bits per heavy atom. The van der Waals surface area contributed by atoms with Gasteiger partial charge in [0.05, 0.1) is 16.6 Å². The van der Waals surface area contributed by atoms with E-state index in [1.54, 1.807) is 11.3 Å². The monoisotopic (exact) mass is 328 g/mol. The molecule has 1 atom stereocenters. The molecule has 0 saturated heterocycles. The topological polar surface area (TPSA) is 42.0 Å². The molecule has 0 aliphatic heterocycles. The Bertz CT molecular complexity index is 587. The van der Waals surface area contributed by atoms with Gasteiger partial charge in [-0.1, -0.05) is 42.6 Å². The maximum absolute atomic E-state index is 12.2. The number of pyridine rings is 1. The lowest BCUT2D eigenvalue weighted by atomic mass is 10.1. The van der Waals surface area contributed by atoms with Crippen LogP contribution in [-0.2, 0) is 0 Å². The number of carbonyl (C=O) groups is 1. The van der Waals surface area contributed by atoms with E-state index in [-0.39, 0.29) is 22.1 Å². The first-order valence-corrected chi connectivity index (χ1v) is 7.90. The molecular formula is C14H14Cl2N2OS. The summed E-state index contributed by atoms with van der Waals surface area (Å²) in [6.45, 7) is 2.09. The first kappa shape index (κ1) is 15.3. The molecule has 0 bridgehead atoms. The van der Waals surface area contributed by atoms with E-state index in [4.69, 9.17) is 23.2 Å². The minimum absolute atomic E-state index is 0.0157. The molecule has 0 aromatic carbocycles. The van der Waals surface area contributed by atoms with Crippen molar-refractivity contribution in [1.82, 2.24) is 10.3 Å². The first-order chi connectivity index (χ1) is 9.61. The van der Waals surface area contributed by atoms with Crippen molar-refractivity contribution in [3.05, 3.63) is 50.4 Å². The molecule has 6 heteroatoms. The highest BCUT2D eigenvalue weighted by molar-refractivity contribution is 7.10. The number of rotatable bonds is 5. The van der Waals surface area contributed by atoms with Crippen molar-refractivity contribution >= 4 is 40.4 Å². The van der Waals surface area contributed by atoms with Gasteiger partial charge in [-0.3, -0.25) is 4.79 Å². The number of nitrogens with zero attached hydrogens (tertiary/aromatic N) is 1. The molecule has 2 rings (SSSR count). The molecule has 0 fully saturated rings. The molecule has 0 radical (unpaired) electrons. The van der Waals surface area contributed by atoms with Crippen molar-refractivity contribution in [2.75, 3.05) is 0 Å². The van der Waals surface area contributed by atoms with Crippen LogP contribution in [0.5, 0.6) is 0 Å². The average Bonchev–Trinajstić information content (AvgIpc) is 2.95. The van der Waals surface area contributed by atoms with E-state index in [0.717, 1.165) is 17.7 Å². The highest BCUT2D eigenvalue weighted by Crippen LogP contribution is 2.24. The number of halogens is 2. The molecule has 3 nitrogen and oxygen atoms in total. The minimum Gasteiger partial charge on any atom is -0.344 e. The van der Waals surface area contributed by atoms with Gasteiger partial charge < -0.3 is 5.32 Å². The van der Waals surface area contributed by atoms with Crippen LogP contribution in [0, 0.1) is 0 Å². The number of aromatic nitrogens is 1. The summed E-state index contributed by atoms with van der Waals surface area (Å²) in [5.74, 6) is -0.192. The van der Waals surface area contributed by atoms with Gasteiger partial charge in [0.25, 0.3) is 5.91 Å². The van der Waals surface area contributed by atoms with Gasteiger partial charge in [0.2, 0.25) is 0 Å². The van der Waals surface area contributed by atoms with Crippen LogP contribution in [0.2, 0.25) is 10.2 Å². The van der Waals surface area contributed by atoms with Gasteiger partial charge in [0.1, 0.15) is 5.15 Å². The van der Waals surface area contributed by atoms with Crippen molar-refractivity contribution < 1.29 is 4.79 Å². The van der Waals surface area contributed by atoms with Crippen LogP contribution in [0.1, 0.15) is 41.0 Å². The molecule has 0 saturated carbocycles. The van der Waals surface area contributed by atoms with Crippen LogP contribution in [-0.4, -0.2) is 10.9 Å². The molecule has 1 N–H and O–H groups in total. The predicted octanol–water partition coefficient (Wildman–Crippen LogP) is 4.72. The second kappa shape index (κ2) is 7.07. The van der Waals surface area contributed by atoms with E-state index in [2.05, 4.69) is 17.2 Å². The Morgan fingerprint density at radius 3 is 2.90 bits per heavy atom. The Balaban J connectivity index is 2.13. The molecule has 1 amide bonds. The summed E-state index contributed by atoms with van der Waals surface area (Å²) < 4.78 is 0. The molecule has 0 spiro atoms. The summed E-state index contributed by atoms with van der Waals surface area (Å²) in [5, 5.41) is 5.50. The maximum Gasteiger partial charge on any atom is 0.253 e. The van der Waals surface area contributed by atoms with Crippen LogP contribution in [0.4, 0.5) is 0 Å². The quantitative estimate of drug-likeness (QED) is 0.807. The lowest BCUT2D eigenvalue weighted by Crippen LogP contribution is -2.28. The molecule has 2 heterocycles. The van der Waals surface area contributed by atoms with E-state index in [9.17, 15) is 4.79 Å². The van der Waals surface area contributed by atoms with Gasteiger partial charge in [-0.2, -0.15) is 0 Å². The standard InChI is InChI=1S/C14H14Cl2N2OS/c1-2-4-11(12-5-3-6-20-12)18-14(19)9-7-10(15)13(16)17-8-9/h3,5-8,11H,2,4H2,1H3,(H,18,19). The zero-order valence-corrected chi connectivity index (χ0v) is 13.2. The number of thiophene rings is 1. The van der Waals surface area contributed by atoms with Gasteiger partial charge >= 0.3 is 0 Å². The van der Waals surface area contributed by atoms with Crippen LogP contribution in [0.25, 0.3) is 0 Å². The van der Waals surface area contributed by atoms with Crippen LogP contribution in [0.15, 0.2) is 29.8 Å². The van der Waals surface area contributed by atoms with E-state index in [1.807, 2.05) is 17.5 Å². The molecular weight excluding hydrogens is 315 g/mol. The second-order valence-electron chi connectivity index (χ2n) is 4.33. The zero-order valence-electron chi connectivity index (χ0n) is 10.9. The zero-order chi connectivity index (χ0) is 14.5. The van der Waals surface area contributed by atoms with E-state index in [1.165, 1.54) is 12.3 Å². The van der Waals surface area contributed by atoms with E-state index in [0.29, 0.717) is 5.56 Å². The highest BCUT2D eigenvalue weighted by Gasteiger charge is 2.16. The highest BCUT2D eigenvalue weighted by atomic mass is 35.5. The Labute approximate surface area is 131 Å². The van der Waals surface area contributed by atoms with Gasteiger partial charge in [0, 0.05) is 11.1 Å². The van der Waals surface area contributed by atoms with Crippen LogP contribution < -0.4 is 5.32 Å². The molecule has 20 heavy (non-hydrogen) atoms. The Kier molecular flexibility index (Phi) is 5.40. The predicted molar refractivity (Wildman–Crippen MR) is 83.7 cm³/mol. The normalized spacial score (nSPS) is 12.2. The van der Waals surface area contributed by atoms with Crippen LogP contribution in [0.3, 0.4) is 0 Å². The molecule has 2 aromatic rings. The summed E-state index contributed by atoms with van der Waals surface area (Å²) in [5.41, 5.74) is 0.414. The lowest BCUT2D eigenvalue weighted by molar-refractivity contribution is 0.0935. The van der Waals surface area contributed by atoms with Crippen molar-refractivity contribution in [2.45, 2.75) is 25.8 Å². The number of nitrogens with one attached hydrogen (secondary N) is 1. The third-order valence-electron chi connectivity index (χ3n) is 2.83.